The number of hydrogen-bond donors (Lipinski definition) is 3. The highest BCUT2D eigenvalue weighted by Crippen LogP contribution is 2.25. The Kier molecular flexibility index (Phi) is 4.36. The van der Waals surface area contributed by atoms with Gasteiger partial charge in [-0.2, -0.15) is 0 Å². The number of nitrogens with one attached hydrogen (secondary N) is 2. The number of nitrogen functional groups attached to an aromatic ring is 1. The smallest absolute Gasteiger partial charge is 0.257 e. The summed E-state index contributed by atoms with van der Waals surface area (Å²) in [7, 11) is 0. The van der Waals surface area contributed by atoms with Crippen LogP contribution in [-0.2, 0) is 0 Å². The third-order valence-electron chi connectivity index (χ3n) is 2.75. The van der Waals surface area contributed by atoms with E-state index >= 15 is 0 Å². The molecule has 0 fully saturated rings. The highest BCUT2D eigenvalue weighted by atomic mass is 79.9. The molecule has 0 saturated carbocycles. The van der Waals surface area contributed by atoms with E-state index in [0.29, 0.717) is 21.4 Å². The normalized spacial score (nSPS) is 10.2. The molecule has 4 nitrogen and oxygen atoms in total. The van der Waals surface area contributed by atoms with Crippen molar-refractivity contribution < 1.29 is 9.18 Å². The van der Waals surface area contributed by atoms with Crippen molar-refractivity contribution in [1.29, 1.82) is 0 Å². The zero-order valence-corrected chi connectivity index (χ0v) is 12.3. The van der Waals surface area contributed by atoms with Gasteiger partial charge >= 0.3 is 0 Å². The number of halogens is 2. The van der Waals surface area contributed by atoms with Crippen molar-refractivity contribution in [3.8, 4) is 0 Å². The first-order valence-electron chi connectivity index (χ1n) is 5.85. The molecular weight excluding hydrogens is 325 g/mol. The van der Waals surface area contributed by atoms with Crippen molar-refractivity contribution >= 4 is 33.2 Å². The molecule has 0 radical (unpaired) electrons. The van der Waals surface area contributed by atoms with E-state index in [-0.39, 0.29) is 5.91 Å². The number of aryl methyl sites for hydroxylation is 1. The van der Waals surface area contributed by atoms with Crippen LogP contribution in [0.15, 0.2) is 40.9 Å². The topological polar surface area (TPSA) is 67.1 Å². The SMILES string of the molecule is Cc1ccc(NN)c(C(=O)Nc2cc(F)ccc2Br)c1. The summed E-state index contributed by atoms with van der Waals surface area (Å²) in [5, 5.41) is 2.65. The van der Waals surface area contributed by atoms with E-state index in [1.54, 1.807) is 12.1 Å². The molecule has 104 valence electrons. The number of carbonyl (C=O) groups is 1. The summed E-state index contributed by atoms with van der Waals surface area (Å²) in [5.41, 5.74) is 4.65. The fourth-order valence-electron chi connectivity index (χ4n) is 1.75. The molecule has 2 aromatic rings. The lowest BCUT2D eigenvalue weighted by molar-refractivity contribution is 0.102. The third-order valence-corrected chi connectivity index (χ3v) is 3.44. The molecule has 2 rings (SSSR count). The number of amides is 1. The predicted molar refractivity (Wildman–Crippen MR) is 81.0 cm³/mol. The Morgan fingerprint density at radius 3 is 2.65 bits per heavy atom. The molecule has 0 saturated heterocycles. The van der Waals surface area contributed by atoms with Crippen LogP contribution in [0.25, 0.3) is 0 Å². The van der Waals surface area contributed by atoms with Crippen molar-refractivity contribution in [3.63, 3.8) is 0 Å². The number of rotatable bonds is 3. The lowest BCUT2D eigenvalue weighted by Gasteiger charge is -2.11. The summed E-state index contributed by atoms with van der Waals surface area (Å²) >= 11 is 3.26. The molecule has 1 amide bonds. The van der Waals surface area contributed by atoms with Crippen LogP contribution in [0.1, 0.15) is 15.9 Å². The van der Waals surface area contributed by atoms with Crippen molar-refractivity contribution in [2.24, 2.45) is 5.84 Å². The van der Waals surface area contributed by atoms with Gasteiger partial charge in [0.15, 0.2) is 0 Å². The van der Waals surface area contributed by atoms with Crippen LogP contribution in [0.4, 0.5) is 15.8 Å². The summed E-state index contributed by atoms with van der Waals surface area (Å²) in [4.78, 5) is 12.3. The molecule has 0 bridgehead atoms. The largest absolute Gasteiger partial charge is 0.323 e. The average Bonchev–Trinajstić information content (AvgIpc) is 2.42. The first-order chi connectivity index (χ1) is 9.51. The molecule has 0 heterocycles. The summed E-state index contributed by atoms with van der Waals surface area (Å²) in [6, 6.07) is 9.34. The minimum Gasteiger partial charge on any atom is -0.323 e. The monoisotopic (exact) mass is 337 g/mol. The Morgan fingerprint density at radius 2 is 1.95 bits per heavy atom. The highest BCUT2D eigenvalue weighted by Gasteiger charge is 2.13. The molecule has 6 heteroatoms. The molecule has 4 N–H and O–H groups in total. The van der Waals surface area contributed by atoms with Gasteiger partial charge in [-0.15, -0.1) is 0 Å². The minimum atomic E-state index is -0.426. The van der Waals surface area contributed by atoms with E-state index in [1.807, 2.05) is 13.0 Å². The number of hydrogen-bond acceptors (Lipinski definition) is 3. The number of benzene rings is 2. The molecule has 0 aliphatic heterocycles. The lowest BCUT2D eigenvalue weighted by Crippen LogP contribution is -2.17. The van der Waals surface area contributed by atoms with Crippen molar-refractivity contribution in [2.75, 3.05) is 10.7 Å². The second kappa shape index (κ2) is 6.02. The van der Waals surface area contributed by atoms with Crippen molar-refractivity contribution in [1.82, 2.24) is 0 Å². The molecule has 0 aromatic heterocycles. The molecule has 0 aliphatic rings. The Morgan fingerprint density at radius 1 is 1.20 bits per heavy atom. The summed E-state index contributed by atoms with van der Waals surface area (Å²) in [6.07, 6.45) is 0. The van der Waals surface area contributed by atoms with Crippen LogP contribution in [0.2, 0.25) is 0 Å². The molecule has 0 spiro atoms. The average molecular weight is 338 g/mol. The van der Waals surface area contributed by atoms with Crippen molar-refractivity contribution in [2.45, 2.75) is 6.92 Å². The van der Waals surface area contributed by atoms with Crippen LogP contribution in [0.3, 0.4) is 0 Å². The summed E-state index contributed by atoms with van der Waals surface area (Å²) < 4.78 is 13.8. The second-order valence-electron chi connectivity index (χ2n) is 4.27. The first-order valence-corrected chi connectivity index (χ1v) is 6.64. The Balaban J connectivity index is 2.32. The molecule has 0 aliphatic carbocycles. The Labute approximate surface area is 124 Å². The number of nitrogens with two attached hydrogens (primary N) is 1. The third kappa shape index (κ3) is 3.15. The maximum Gasteiger partial charge on any atom is 0.257 e. The van der Waals surface area contributed by atoms with Crippen molar-refractivity contribution in [3.05, 3.63) is 57.8 Å². The number of anilines is 2. The van der Waals surface area contributed by atoms with Crippen LogP contribution >= 0.6 is 15.9 Å². The van der Waals surface area contributed by atoms with Crippen LogP contribution in [-0.4, -0.2) is 5.91 Å². The van der Waals surface area contributed by atoms with Gasteiger partial charge in [-0.3, -0.25) is 10.6 Å². The quantitative estimate of drug-likeness (QED) is 0.593. The minimum absolute atomic E-state index is 0.361. The van der Waals surface area contributed by atoms with Gasteiger partial charge < -0.3 is 10.7 Å². The second-order valence-corrected chi connectivity index (χ2v) is 5.13. The standard InChI is InChI=1S/C14H13BrFN3O/c1-8-2-5-12(19-17)10(6-8)14(20)18-13-7-9(16)3-4-11(13)15/h2-7,19H,17H2,1H3,(H,18,20). The summed E-state index contributed by atoms with van der Waals surface area (Å²) in [5.74, 6) is 4.59. The van der Waals surface area contributed by atoms with Crippen LogP contribution in [0.5, 0.6) is 0 Å². The molecule has 2 aromatic carbocycles. The zero-order chi connectivity index (χ0) is 14.7. The van der Waals surface area contributed by atoms with E-state index < -0.39 is 5.82 Å². The maximum absolute atomic E-state index is 13.2. The van der Waals surface area contributed by atoms with Crippen LogP contribution in [0, 0.1) is 12.7 Å². The fraction of sp³-hybridized carbons (Fsp3) is 0.0714. The van der Waals surface area contributed by atoms with Crippen LogP contribution < -0.4 is 16.6 Å². The maximum atomic E-state index is 13.2. The van der Waals surface area contributed by atoms with Gasteiger partial charge in [-0.25, -0.2) is 4.39 Å². The Bertz CT molecular complexity index is 661. The summed E-state index contributed by atoms with van der Waals surface area (Å²) in [6.45, 7) is 1.87. The molecule has 20 heavy (non-hydrogen) atoms. The first kappa shape index (κ1) is 14.5. The van der Waals surface area contributed by atoms with E-state index in [1.165, 1.54) is 18.2 Å². The zero-order valence-electron chi connectivity index (χ0n) is 10.7. The molecule has 0 unspecified atom stereocenters. The van der Waals surface area contributed by atoms with E-state index in [2.05, 4.69) is 26.7 Å². The van der Waals surface area contributed by atoms with Gasteiger partial charge in [0, 0.05) is 4.47 Å². The van der Waals surface area contributed by atoms with Gasteiger partial charge in [-0.05, 0) is 53.2 Å². The van der Waals surface area contributed by atoms with Gasteiger partial charge in [0.1, 0.15) is 5.82 Å². The van der Waals surface area contributed by atoms with E-state index in [9.17, 15) is 9.18 Å². The van der Waals surface area contributed by atoms with Gasteiger partial charge in [-0.1, -0.05) is 11.6 Å². The van der Waals surface area contributed by atoms with Gasteiger partial charge in [0.25, 0.3) is 5.91 Å². The predicted octanol–water partition coefficient (Wildman–Crippen LogP) is 3.43. The van der Waals surface area contributed by atoms with Gasteiger partial charge in [0.05, 0.1) is 16.9 Å². The number of carbonyl (C=O) groups excluding carboxylic acids is 1. The highest BCUT2D eigenvalue weighted by molar-refractivity contribution is 9.10. The fourth-order valence-corrected chi connectivity index (χ4v) is 2.10. The lowest BCUT2D eigenvalue weighted by atomic mass is 10.1. The Hall–Kier alpha value is -1.92. The number of hydrazine groups is 1. The molecular formula is C14H13BrFN3O. The van der Waals surface area contributed by atoms with E-state index in [4.69, 9.17) is 5.84 Å². The van der Waals surface area contributed by atoms with Gasteiger partial charge in [0.2, 0.25) is 0 Å². The molecule has 0 atom stereocenters. The van der Waals surface area contributed by atoms with E-state index in [0.717, 1.165) is 5.56 Å².